The Labute approximate surface area is 136 Å². The highest BCUT2D eigenvalue weighted by Crippen LogP contribution is 2.34. The van der Waals surface area contributed by atoms with E-state index < -0.39 is 5.54 Å². The topological polar surface area (TPSA) is 87.7 Å². The molecule has 1 heterocycles. The molecule has 1 aliphatic carbocycles. The maximum absolute atomic E-state index is 12.4. The minimum Gasteiger partial charge on any atom is -0.409 e. The number of oxime groups is 1. The number of carbonyl (C=O) groups excluding carboxylic acids is 1. The van der Waals surface area contributed by atoms with Gasteiger partial charge in [-0.3, -0.25) is 4.79 Å². The van der Waals surface area contributed by atoms with Crippen LogP contribution in [0.4, 0.5) is 0 Å². The fourth-order valence-electron chi connectivity index (χ4n) is 2.83. The monoisotopic (exact) mass is 373 g/mol. The summed E-state index contributed by atoms with van der Waals surface area (Å²) in [4.78, 5) is 13.0. The van der Waals surface area contributed by atoms with Crippen molar-refractivity contribution in [3.63, 3.8) is 0 Å². The summed E-state index contributed by atoms with van der Waals surface area (Å²) in [5.74, 6) is 0.575. The van der Waals surface area contributed by atoms with Crippen LogP contribution >= 0.6 is 27.3 Å². The third-order valence-corrected chi connectivity index (χ3v) is 5.91. The number of hydrogen-bond acceptors (Lipinski definition) is 4. The van der Waals surface area contributed by atoms with Crippen molar-refractivity contribution in [3.05, 3.63) is 20.8 Å². The molecule has 0 spiro atoms. The quantitative estimate of drug-likeness (QED) is 0.327. The van der Waals surface area contributed by atoms with E-state index in [4.69, 9.17) is 10.9 Å². The van der Waals surface area contributed by atoms with Crippen LogP contribution in [0.2, 0.25) is 0 Å². The zero-order valence-electron chi connectivity index (χ0n) is 11.9. The second-order valence-corrected chi connectivity index (χ2v) is 7.94. The van der Waals surface area contributed by atoms with E-state index >= 15 is 0 Å². The number of halogens is 1. The predicted octanol–water partition coefficient (Wildman–Crippen LogP) is 3.33. The van der Waals surface area contributed by atoms with Crippen LogP contribution in [0.5, 0.6) is 0 Å². The molecule has 4 N–H and O–H groups in total. The second kappa shape index (κ2) is 6.79. The van der Waals surface area contributed by atoms with Crippen molar-refractivity contribution in [2.75, 3.05) is 0 Å². The van der Waals surface area contributed by atoms with E-state index in [1.54, 1.807) is 6.07 Å². The average Bonchev–Trinajstić information content (AvgIpc) is 2.93. The highest BCUT2D eigenvalue weighted by Gasteiger charge is 2.40. The number of nitrogens with zero attached hydrogens (tertiary/aromatic N) is 1. The molecule has 2 rings (SSSR count). The summed E-state index contributed by atoms with van der Waals surface area (Å²) in [5, 5.41) is 15.2. The van der Waals surface area contributed by atoms with Gasteiger partial charge in [-0.25, -0.2) is 0 Å². The van der Waals surface area contributed by atoms with Gasteiger partial charge in [0.2, 0.25) is 0 Å². The van der Waals surface area contributed by atoms with Gasteiger partial charge in [-0.05, 0) is 59.7 Å². The van der Waals surface area contributed by atoms with Gasteiger partial charge >= 0.3 is 0 Å². The Balaban J connectivity index is 2.16. The van der Waals surface area contributed by atoms with Gasteiger partial charge in [-0.1, -0.05) is 18.5 Å². The maximum Gasteiger partial charge on any atom is 0.262 e. The fraction of sp³-hybridized carbons (Fsp3) is 0.571. The molecular weight excluding hydrogens is 354 g/mol. The molecule has 1 fully saturated rings. The van der Waals surface area contributed by atoms with Crippen molar-refractivity contribution in [1.29, 1.82) is 0 Å². The van der Waals surface area contributed by atoms with E-state index in [0.717, 1.165) is 23.0 Å². The Kier molecular flexibility index (Phi) is 5.27. The molecule has 0 aliphatic heterocycles. The number of hydrogen-bond donors (Lipinski definition) is 3. The first kappa shape index (κ1) is 16.3. The average molecular weight is 374 g/mol. The molecule has 1 aromatic rings. The number of nitrogens with one attached hydrogen (secondary N) is 1. The van der Waals surface area contributed by atoms with Gasteiger partial charge in [0.1, 0.15) is 5.54 Å². The van der Waals surface area contributed by atoms with E-state index in [2.05, 4.69) is 33.3 Å². The summed E-state index contributed by atoms with van der Waals surface area (Å²) in [6.07, 6.45) is 4.49. The maximum atomic E-state index is 12.4. The summed E-state index contributed by atoms with van der Waals surface area (Å²) >= 11 is 4.72. The number of amides is 1. The number of rotatable bonds is 4. The molecule has 0 unspecified atom stereocenters. The first-order chi connectivity index (χ1) is 10.0. The molecule has 7 heteroatoms. The van der Waals surface area contributed by atoms with Crippen LogP contribution in [0.1, 0.15) is 48.7 Å². The molecule has 5 nitrogen and oxygen atoms in total. The molecule has 0 radical (unpaired) electrons. The molecule has 0 atom stereocenters. The molecule has 0 saturated heterocycles. The van der Waals surface area contributed by atoms with Crippen molar-refractivity contribution < 1.29 is 10.0 Å². The van der Waals surface area contributed by atoms with Gasteiger partial charge in [0.15, 0.2) is 5.84 Å². The highest BCUT2D eigenvalue weighted by atomic mass is 79.9. The first-order valence-electron chi connectivity index (χ1n) is 7.06. The van der Waals surface area contributed by atoms with Crippen LogP contribution in [0.15, 0.2) is 21.1 Å². The van der Waals surface area contributed by atoms with Gasteiger partial charge in [-0.2, -0.15) is 0 Å². The van der Waals surface area contributed by atoms with Crippen LogP contribution in [0, 0.1) is 5.92 Å². The normalized spacial score (nSPS) is 26.6. The summed E-state index contributed by atoms with van der Waals surface area (Å²) in [7, 11) is 0. The van der Waals surface area contributed by atoms with Crippen molar-refractivity contribution in [2.45, 2.75) is 44.6 Å². The smallest absolute Gasteiger partial charge is 0.262 e. The molecule has 116 valence electrons. The lowest BCUT2D eigenvalue weighted by atomic mass is 9.75. The second-order valence-electron chi connectivity index (χ2n) is 5.48. The number of carbonyl (C=O) groups is 1. The van der Waals surface area contributed by atoms with Crippen molar-refractivity contribution in [3.8, 4) is 0 Å². The van der Waals surface area contributed by atoms with Crippen molar-refractivity contribution in [2.24, 2.45) is 16.8 Å². The standard InChI is InChI=1S/C14H20BrN3O2S/c1-2-9-5-7-14(8-6-9,13(16)18-20)17-12(19)10-3-4-11(15)21-10/h3-4,9,20H,2,5-8H2,1H3,(H2,16,18)(H,17,19). The SMILES string of the molecule is CCC1CCC(NC(=O)c2ccc(Br)s2)(/C(N)=N/O)CC1. The Morgan fingerprint density at radius 2 is 2.24 bits per heavy atom. The minimum atomic E-state index is -0.728. The summed E-state index contributed by atoms with van der Waals surface area (Å²) in [6.45, 7) is 2.17. The van der Waals surface area contributed by atoms with Gasteiger partial charge < -0.3 is 16.3 Å². The van der Waals surface area contributed by atoms with Crippen LogP contribution < -0.4 is 11.1 Å². The lowest BCUT2D eigenvalue weighted by molar-refractivity contribution is 0.0899. The van der Waals surface area contributed by atoms with Gasteiger partial charge in [0, 0.05) is 0 Å². The van der Waals surface area contributed by atoms with E-state index in [1.165, 1.54) is 11.3 Å². The first-order valence-corrected chi connectivity index (χ1v) is 8.67. The Morgan fingerprint density at radius 3 is 2.71 bits per heavy atom. The third kappa shape index (κ3) is 3.58. The number of amidine groups is 1. The lowest BCUT2D eigenvalue weighted by Gasteiger charge is -2.39. The van der Waals surface area contributed by atoms with Crippen LogP contribution in [-0.4, -0.2) is 22.5 Å². The zero-order chi connectivity index (χ0) is 15.5. The molecule has 1 aliphatic rings. The lowest BCUT2D eigenvalue weighted by Crippen LogP contribution is -2.59. The van der Waals surface area contributed by atoms with Crippen LogP contribution in [0.3, 0.4) is 0 Å². The van der Waals surface area contributed by atoms with Crippen molar-refractivity contribution >= 4 is 39.0 Å². The minimum absolute atomic E-state index is 0.0982. The van der Waals surface area contributed by atoms with E-state index in [9.17, 15) is 4.79 Å². The predicted molar refractivity (Wildman–Crippen MR) is 87.9 cm³/mol. The van der Waals surface area contributed by atoms with Gasteiger partial charge in [-0.15, -0.1) is 11.3 Å². The fourth-order valence-corrected chi connectivity index (χ4v) is 4.12. The molecule has 0 bridgehead atoms. The Bertz CT molecular complexity index is 536. The molecule has 1 aromatic heterocycles. The molecule has 0 aromatic carbocycles. The summed E-state index contributed by atoms with van der Waals surface area (Å²) < 4.78 is 0.903. The van der Waals surface area contributed by atoms with Gasteiger partial charge in [0.05, 0.1) is 8.66 Å². The van der Waals surface area contributed by atoms with E-state index in [-0.39, 0.29) is 11.7 Å². The largest absolute Gasteiger partial charge is 0.409 e. The third-order valence-electron chi connectivity index (χ3n) is 4.28. The summed E-state index contributed by atoms with van der Waals surface area (Å²) in [5.41, 5.74) is 5.15. The Hall–Kier alpha value is -1.08. The molecule has 1 amide bonds. The Morgan fingerprint density at radius 1 is 1.57 bits per heavy atom. The van der Waals surface area contributed by atoms with E-state index in [0.29, 0.717) is 23.6 Å². The number of nitrogens with two attached hydrogens (primary N) is 1. The molecule has 21 heavy (non-hydrogen) atoms. The molecular formula is C14H20BrN3O2S. The summed E-state index contributed by atoms with van der Waals surface area (Å²) in [6, 6.07) is 3.60. The van der Waals surface area contributed by atoms with Crippen LogP contribution in [0.25, 0.3) is 0 Å². The zero-order valence-corrected chi connectivity index (χ0v) is 14.3. The van der Waals surface area contributed by atoms with Crippen LogP contribution in [-0.2, 0) is 0 Å². The molecule has 1 saturated carbocycles. The highest BCUT2D eigenvalue weighted by molar-refractivity contribution is 9.11. The van der Waals surface area contributed by atoms with Gasteiger partial charge in [0.25, 0.3) is 5.91 Å². The van der Waals surface area contributed by atoms with Crippen molar-refractivity contribution in [1.82, 2.24) is 5.32 Å². The van der Waals surface area contributed by atoms with E-state index in [1.807, 2.05) is 6.07 Å². The number of thiophene rings is 1.